The molecule has 1 amide bonds. The SMILES string of the molecule is CC(CNC(=O)c1ccc(F)cc1Cl)CC(=O)O. The van der Waals surface area contributed by atoms with Crippen molar-refractivity contribution in [1.82, 2.24) is 5.32 Å². The number of carbonyl (C=O) groups excluding carboxylic acids is 1. The zero-order valence-corrected chi connectivity index (χ0v) is 10.5. The molecule has 1 unspecified atom stereocenters. The van der Waals surface area contributed by atoms with Gasteiger partial charge in [0.25, 0.3) is 5.91 Å². The van der Waals surface area contributed by atoms with E-state index in [1.54, 1.807) is 6.92 Å². The Morgan fingerprint density at radius 1 is 1.50 bits per heavy atom. The van der Waals surface area contributed by atoms with Crippen molar-refractivity contribution in [3.05, 3.63) is 34.6 Å². The van der Waals surface area contributed by atoms with Crippen molar-refractivity contribution < 1.29 is 19.1 Å². The van der Waals surface area contributed by atoms with E-state index in [-0.39, 0.29) is 29.5 Å². The summed E-state index contributed by atoms with van der Waals surface area (Å²) in [7, 11) is 0. The number of halogens is 2. The fourth-order valence-corrected chi connectivity index (χ4v) is 1.66. The maximum atomic E-state index is 12.8. The van der Waals surface area contributed by atoms with Crippen LogP contribution >= 0.6 is 11.6 Å². The van der Waals surface area contributed by atoms with Crippen molar-refractivity contribution >= 4 is 23.5 Å². The normalized spacial score (nSPS) is 11.9. The third-order valence-corrected chi connectivity index (χ3v) is 2.62. The van der Waals surface area contributed by atoms with Crippen molar-refractivity contribution in [2.24, 2.45) is 5.92 Å². The van der Waals surface area contributed by atoms with E-state index in [9.17, 15) is 14.0 Å². The van der Waals surface area contributed by atoms with Crippen LogP contribution in [-0.4, -0.2) is 23.5 Å². The molecule has 1 rings (SSSR count). The lowest BCUT2D eigenvalue weighted by molar-refractivity contribution is -0.137. The molecule has 0 aromatic heterocycles. The van der Waals surface area contributed by atoms with Crippen LogP contribution < -0.4 is 5.32 Å². The van der Waals surface area contributed by atoms with Crippen LogP contribution in [0.4, 0.5) is 4.39 Å². The van der Waals surface area contributed by atoms with Gasteiger partial charge in [-0.1, -0.05) is 18.5 Å². The first-order chi connectivity index (χ1) is 8.40. The van der Waals surface area contributed by atoms with Gasteiger partial charge in [-0.05, 0) is 24.1 Å². The average molecular weight is 274 g/mol. The number of benzene rings is 1. The summed E-state index contributed by atoms with van der Waals surface area (Å²) in [6.45, 7) is 1.93. The summed E-state index contributed by atoms with van der Waals surface area (Å²) < 4.78 is 12.8. The summed E-state index contributed by atoms with van der Waals surface area (Å²) >= 11 is 5.73. The molecule has 0 heterocycles. The fraction of sp³-hybridized carbons (Fsp3) is 0.333. The van der Waals surface area contributed by atoms with Crippen molar-refractivity contribution in [2.75, 3.05) is 6.54 Å². The number of aliphatic carboxylic acids is 1. The van der Waals surface area contributed by atoms with E-state index < -0.39 is 17.7 Å². The Hall–Kier alpha value is -1.62. The molecule has 2 N–H and O–H groups in total. The maximum Gasteiger partial charge on any atom is 0.303 e. The largest absolute Gasteiger partial charge is 0.481 e. The molecule has 0 aliphatic heterocycles. The number of carboxylic acid groups (broad SMARTS) is 1. The van der Waals surface area contributed by atoms with E-state index in [0.717, 1.165) is 12.1 Å². The van der Waals surface area contributed by atoms with Crippen LogP contribution in [0.3, 0.4) is 0 Å². The molecule has 0 saturated heterocycles. The first-order valence-corrected chi connectivity index (χ1v) is 5.73. The van der Waals surface area contributed by atoms with Gasteiger partial charge in [0.15, 0.2) is 0 Å². The second kappa shape index (κ2) is 6.35. The van der Waals surface area contributed by atoms with Crippen LogP contribution in [0.1, 0.15) is 23.7 Å². The Morgan fingerprint density at radius 2 is 2.17 bits per heavy atom. The van der Waals surface area contributed by atoms with Crippen molar-refractivity contribution in [2.45, 2.75) is 13.3 Å². The molecule has 0 radical (unpaired) electrons. The van der Waals surface area contributed by atoms with Crippen LogP contribution in [-0.2, 0) is 4.79 Å². The minimum Gasteiger partial charge on any atom is -0.481 e. The van der Waals surface area contributed by atoms with Crippen LogP contribution in [0, 0.1) is 11.7 Å². The van der Waals surface area contributed by atoms with Gasteiger partial charge in [-0.3, -0.25) is 9.59 Å². The van der Waals surface area contributed by atoms with Crippen LogP contribution in [0.15, 0.2) is 18.2 Å². The van der Waals surface area contributed by atoms with E-state index in [1.165, 1.54) is 6.07 Å². The standard InChI is InChI=1S/C12H13ClFNO3/c1-7(4-11(16)17)6-15-12(18)9-3-2-8(14)5-10(9)13/h2-3,5,7H,4,6H2,1H3,(H,15,18)(H,16,17). The molecule has 18 heavy (non-hydrogen) atoms. The molecule has 6 heteroatoms. The highest BCUT2D eigenvalue weighted by atomic mass is 35.5. The van der Waals surface area contributed by atoms with Gasteiger partial charge in [-0.15, -0.1) is 0 Å². The summed E-state index contributed by atoms with van der Waals surface area (Å²) in [5, 5.41) is 11.1. The highest BCUT2D eigenvalue weighted by molar-refractivity contribution is 6.33. The number of nitrogens with one attached hydrogen (secondary N) is 1. The lowest BCUT2D eigenvalue weighted by Crippen LogP contribution is -2.29. The zero-order chi connectivity index (χ0) is 13.7. The van der Waals surface area contributed by atoms with Crippen molar-refractivity contribution in [3.8, 4) is 0 Å². The van der Waals surface area contributed by atoms with Crippen LogP contribution in [0.5, 0.6) is 0 Å². The topological polar surface area (TPSA) is 66.4 Å². The molecule has 1 atom stereocenters. The smallest absolute Gasteiger partial charge is 0.303 e. The van der Waals surface area contributed by atoms with Gasteiger partial charge in [-0.2, -0.15) is 0 Å². The Morgan fingerprint density at radius 3 is 2.72 bits per heavy atom. The lowest BCUT2D eigenvalue weighted by atomic mass is 10.1. The van der Waals surface area contributed by atoms with Gasteiger partial charge in [-0.25, -0.2) is 4.39 Å². The molecule has 0 aliphatic carbocycles. The van der Waals surface area contributed by atoms with Gasteiger partial charge in [0.1, 0.15) is 5.82 Å². The molecule has 0 spiro atoms. The molecule has 0 saturated carbocycles. The number of carbonyl (C=O) groups is 2. The summed E-state index contributed by atoms with van der Waals surface area (Å²) in [4.78, 5) is 22.1. The number of hydrogen-bond donors (Lipinski definition) is 2. The van der Waals surface area contributed by atoms with E-state index in [1.807, 2.05) is 0 Å². The molecular formula is C12H13ClFNO3. The second-order valence-electron chi connectivity index (χ2n) is 4.04. The average Bonchev–Trinajstić information content (AvgIpc) is 2.25. The summed E-state index contributed by atoms with van der Waals surface area (Å²) in [5.41, 5.74) is 0.167. The second-order valence-corrected chi connectivity index (χ2v) is 4.44. The highest BCUT2D eigenvalue weighted by Gasteiger charge is 2.13. The Bertz CT molecular complexity index is 465. The Kier molecular flexibility index (Phi) is 5.09. The predicted octanol–water partition coefficient (Wildman–Crippen LogP) is 2.32. The fourth-order valence-electron chi connectivity index (χ4n) is 1.41. The van der Waals surface area contributed by atoms with Gasteiger partial charge in [0, 0.05) is 13.0 Å². The molecule has 0 aliphatic rings. The molecule has 1 aromatic rings. The van der Waals surface area contributed by atoms with Crippen molar-refractivity contribution in [3.63, 3.8) is 0 Å². The summed E-state index contributed by atoms with van der Waals surface area (Å²) in [6, 6.07) is 3.48. The van der Waals surface area contributed by atoms with Crippen LogP contribution in [0.2, 0.25) is 5.02 Å². The zero-order valence-electron chi connectivity index (χ0n) is 9.74. The third-order valence-electron chi connectivity index (χ3n) is 2.31. The highest BCUT2D eigenvalue weighted by Crippen LogP contribution is 2.17. The monoisotopic (exact) mass is 273 g/mol. The van der Waals surface area contributed by atoms with Crippen LogP contribution in [0.25, 0.3) is 0 Å². The summed E-state index contributed by atoms with van der Waals surface area (Å²) in [6.07, 6.45) is -0.0303. The minimum absolute atomic E-state index is 0.0263. The maximum absolute atomic E-state index is 12.8. The van der Waals surface area contributed by atoms with E-state index >= 15 is 0 Å². The van der Waals surface area contributed by atoms with E-state index in [4.69, 9.17) is 16.7 Å². The first-order valence-electron chi connectivity index (χ1n) is 5.35. The molecule has 1 aromatic carbocycles. The van der Waals surface area contributed by atoms with E-state index in [0.29, 0.717) is 0 Å². The number of rotatable bonds is 5. The van der Waals surface area contributed by atoms with Gasteiger partial charge in [0.2, 0.25) is 0 Å². The lowest BCUT2D eigenvalue weighted by Gasteiger charge is -2.11. The van der Waals surface area contributed by atoms with E-state index in [2.05, 4.69) is 5.32 Å². The number of amides is 1. The quantitative estimate of drug-likeness (QED) is 0.865. The number of carboxylic acids is 1. The molecular weight excluding hydrogens is 261 g/mol. The molecule has 4 nitrogen and oxygen atoms in total. The third kappa shape index (κ3) is 4.33. The predicted molar refractivity (Wildman–Crippen MR) is 65.2 cm³/mol. The molecule has 0 bridgehead atoms. The van der Waals surface area contributed by atoms with Gasteiger partial charge >= 0.3 is 5.97 Å². The molecule has 0 fully saturated rings. The first kappa shape index (κ1) is 14.4. The minimum atomic E-state index is -0.920. The number of hydrogen-bond acceptors (Lipinski definition) is 2. The molecule has 98 valence electrons. The van der Waals surface area contributed by atoms with Gasteiger partial charge in [0.05, 0.1) is 10.6 Å². The summed E-state index contributed by atoms with van der Waals surface area (Å²) in [5.74, 6) is -2.07. The van der Waals surface area contributed by atoms with Gasteiger partial charge < -0.3 is 10.4 Å². The van der Waals surface area contributed by atoms with Crippen molar-refractivity contribution in [1.29, 1.82) is 0 Å². The Balaban J connectivity index is 2.58. The Labute approximate surface area is 109 Å².